The van der Waals surface area contributed by atoms with Gasteiger partial charge in [0.2, 0.25) is 0 Å². The molecule has 2 heterocycles. The lowest BCUT2D eigenvalue weighted by Gasteiger charge is -2.21. The van der Waals surface area contributed by atoms with Crippen molar-refractivity contribution in [3.8, 4) is 0 Å². The molecule has 0 aliphatic carbocycles. The Morgan fingerprint density at radius 1 is 1.36 bits per heavy atom. The molecule has 78 valence electrons. The SMILES string of the molecule is Cn1c(C(C)(C)C)cc2c1CNCC2. The molecule has 0 unspecified atom stereocenters. The van der Waals surface area contributed by atoms with E-state index in [1.165, 1.54) is 23.4 Å². The van der Waals surface area contributed by atoms with Crippen LogP contribution in [0.5, 0.6) is 0 Å². The Labute approximate surface area is 86.3 Å². The maximum absolute atomic E-state index is 3.43. The number of nitrogens with zero attached hydrogens (tertiary/aromatic N) is 1. The van der Waals surface area contributed by atoms with Crippen LogP contribution in [0.2, 0.25) is 0 Å². The average Bonchev–Trinajstić information content (AvgIpc) is 2.44. The second-order valence-corrected chi connectivity index (χ2v) is 5.24. The van der Waals surface area contributed by atoms with Gasteiger partial charge in [-0.25, -0.2) is 0 Å². The van der Waals surface area contributed by atoms with Gasteiger partial charge in [0.1, 0.15) is 0 Å². The minimum atomic E-state index is 0.256. The minimum absolute atomic E-state index is 0.256. The predicted molar refractivity (Wildman–Crippen MR) is 59.5 cm³/mol. The van der Waals surface area contributed by atoms with E-state index < -0.39 is 0 Å². The summed E-state index contributed by atoms with van der Waals surface area (Å²) in [5.41, 5.74) is 4.72. The fourth-order valence-corrected chi connectivity index (χ4v) is 2.30. The van der Waals surface area contributed by atoms with Crippen LogP contribution in [0.3, 0.4) is 0 Å². The maximum Gasteiger partial charge on any atom is 0.0362 e. The molecule has 1 N–H and O–H groups in total. The summed E-state index contributed by atoms with van der Waals surface area (Å²) in [6, 6.07) is 2.39. The molecular formula is C12H20N2. The molecule has 0 saturated heterocycles. The van der Waals surface area contributed by atoms with Crippen LogP contribution < -0.4 is 5.32 Å². The highest BCUT2D eigenvalue weighted by atomic mass is 15.0. The first-order valence-electron chi connectivity index (χ1n) is 5.39. The fraction of sp³-hybridized carbons (Fsp3) is 0.667. The second kappa shape index (κ2) is 3.13. The van der Waals surface area contributed by atoms with E-state index in [2.05, 4.69) is 43.8 Å². The fourth-order valence-electron chi connectivity index (χ4n) is 2.30. The van der Waals surface area contributed by atoms with Crippen molar-refractivity contribution in [2.24, 2.45) is 7.05 Å². The Hall–Kier alpha value is -0.760. The van der Waals surface area contributed by atoms with Gasteiger partial charge in [-0.1, -0.05) is 20.8 Å². The summed E-state index contributed by atoms with van der Waals surface area (Å²) in [6.07, 6.45) is 1.18. The first-order chi connectivity index (χ1) is 6.50. The number of aromatic nitrogens is 1. The third-order valence-corrected chi connectivity index (χ3v) is 3.08. The van der Waals surface area contributed by atoms with Crippen molar-refractivity contribution in [1.82, 2.24) is 9.88 Å². The van der Waals surface area contributed by atoms with Crippen molar-refractivity contribution in [1.29, 1.82) is 0 Å². The lowest BCUT2D eigenvalue weighted by molar-refractivity contribution is 0.528. The van der Waals surface area contributed by atoms with Crippen LogP contribution in [0, 0.1) is 0 Å². The summed E-state index contributed by atoms with van der Waals surface area (Å²) >= 11 is 0. The topological polar surface area (TPSA) is 17.0 Å². The molecule has 0 saturated carbocycles. The molecule has 1 aromatic heterocycles. The largest absolute Gasteiger partial charge is 0.350 e. The lowest BCUT2D eigenvalue weighted by atomic mass is 9.92. The molecule has 0 radical (unpaired) electrons. The summed E-state index contributed by atoms with van der Waals surface area (Å²) < 4.78 is 2.36. The van der Waals surface area contributed by atoms with Crippen molar-refractivity contribution in [3.63, 3.8) is 0 Å². The van der Waals surface area contributed by atoms with Crippen LogP contribution in [-0.2, 0) is 25.4 Å². The second-order valence-electron chi connectivity index (χ2n) is 5.24. The summed E-state index contributed by atoms with van der Waals surface area (Å²) in [6.45, 7) is 8.99. The average molecular weight is 192 g/mol. The minimum Gasteiger partial charge on any atom is -0.350 e. The Balaban J connectivity index is 2.49. The van der Waals surface area contributed by atoms with E-state index >= 15 is 0 Å². The van der Waals surface area contributed by atoms with E-state index in [0.717, 1.165) is 13.1 Å². The highest BCUT2D eigenvalue weighted by Gasteiger charge is 2.22. The van der Waals surface area contributed by atoms with E-state index in [-0.39, 0.29) is 5.41 Å². The molecule has 1 aliphatic rings. The van der Waals surface area contributed by atoms with Crippen LogP contribution in [0.1, 0.15) is 37.7 Å². The molecule has 0 spiro atoms. The van der Waals surface area contributed by atoms with Crippen molar-refractivity contribution < 1.29 is 0 Å². The molecule has 0 bridgehead atoms. The third-order valence-electron chi connectivity index (χ3n) is 3.08. The summed E-state index contributed by atoms with van der Waals surface area (Å²) in [5, 5.41) is 3.43. The Kier molecular flexibility index (Phi) is 2.18. The first kappa shape index (κ1) is 9.78. The highest BCUT2D eigenvalue weighted by Crippen LogP contribution is 2.28. The van der Waals surface area contributed by atoms with Crippen LogP contribution in [-0.4, -0.2) is 11.1 Å². The van der Waals surface area contributed by atoms with Gasteiger partial charge < -0.3 is 9.88 Å². The van der Waals surface area contributed by atoms with Gasteiger partial charge in [0.25, 0.3) is 0 Å². The normalized spacial score (nSPS) is 16.9. The van der Waals surface area contributed by atoms with Gasteiger partial charge in [0.15, 0.2) is 0 Å². The standard InChI is InChI=1S/C12H20N2/c1-12(2,3)11-7-9-5-6-13-8-10(9)14(11)4/h7,13H,5-6,8H2,1-4H3. The van der Waals surface area contributed by atoms with Gasteiger partial charge in [-0.3, -0.25) is 0 Å². The zero-order chi connectivity index (χ0) is 10.3. The number of fused-ring (bicyclic) bond motifs is 1. The van der Waals surface area contributed by atoms with Gasteiger partial charge in [0, 0.05) is 30.4 Å². The van der Waals surface area contributed by atoms with Crippen LogP contribution in [0.15, 0.2) is 6.07 Å². The maximum atomic E-state index is 3.43. The molecule has 0 amide bonds. The third kappa shape index (κ3) is 1.48. The molecule has 2 rings (SSSR count). The van der Waals surface area contributed by atoms with Crippen molar-refractivity contribution in [2.45, 2.75) is 39.2 Å². The van der Waals surface area contributed by atoms with E-state index in [0.29, 0.717) is 0 Å². The Bertz CT molecular complexity index is 342. The summed E-state index contributed by atoms with van der Waals surface area (Å²) in [4.78, 5) is 0. The molecular weight excluding hydrogens is 172 g/mol. The first-order valence-corrected chi connectivity index (χ1v) is 5.39. The van der Waals surface area contributed by atoms with Crippen LogP contribution in [0.4, 0.5) is 0 Å². The zero-order valence-corrected chi connectivity index (χ0v) is 9.65. The van der Waals surface area contributed by atoms with Gasteiger partial charge in [-0.05, 0) is 24.6 Å². The van der Waals surface area contributed by atoms with E-state index in [4.69, 9.17) is 0 Å². The van der Waals surface area contributed by atoms with Gasteiger partial charge in [-0.15, -0.1) is 0 Å². The molecule has 0 atom stereocenters. The molecule has 1 aromatic rings. The van der Waals surface area contributed by atoms with Crippen molar-refractivity contribution in [2.75, 3.05) is 6.54 Å². The van der Waals surface area contributed by atoms with E-state index in [1.807, 2.05) is 0 Å². The number of nitrogens with one attached hydrogen (secondary N) is 1. The Morgan fingerprint density at radius 2 is 2.07 bits per heavy atom. The molecule has 2 nitrogen and oxygen atoms in total. The quantitative estimate of drug-likeness (QED) is 0.665. The van der Waals surface area contributed by atoms with Crippen molar-refractivity contribution >= 4 is 0 Å². The monoisotopic (exact) mass is 192 g/mol. The number of hydrogen-bond acceptors (Lipinski definition) is 1. The summed E-state index contributed by atoms with van der Waals surface area (Å²) in [7, 11) is 2.19. The molecule has 0 aromatic carbocycles. The predicted octanol–water partition coefficient (Wildman–Crippen LogP) is 1.97. The van der Waals surface area contributed by atoms with Crippen LogP contribution >= 0.6 is 0 Å². The Morgan fingerprint density at radius 3 is 2.64 bits per heavy atom. The molecule has 1 aliphatic heterocycles. The smallest absolute Gasteiger partial charge is 0.0362 e. The van der Waals surface area contributed by atoms with Crippen molar-refractivity contribution in [3.05, 3.63) is 23.0 Å². The van der Waals surface area contributed by atoms with E-state index in [1.54, 1.807) is 0 Å². The van der Waals surface area contributed by atoms with Crippen LogP contribution in [0.25, 0.3) is 0 Å². The van der Waals surface area contributed by atoms with Gasteiger partial charge in [0.05, 0.1) is 0 Å². The summed E-state index contributed by atoms with van der Waals surface area (Å²) in [5.74, 6) is 0. The molecule has 0 fully saturated rings. The van der Waals surface area contributed by atoms with E-state index in [9.17, 15) is 0 Å². The highest BCUT2D eigenvalue weighted by molar-refractivity contribution is 5.33. The lowest BCUT2D eigenvalue weighted by Crippen LogP contribution is -2.25. The van der Waals surface area contributed by atoms with Gasteiger partial charge in [-0.2, -0.15) is 0 Å². The molecule has 14 heavy (non-hydrogen) atoms. The zero-order valence-electron chi connectivity index (χ0n) is 9.65. The number of rotatable bonds is 0. The number of hydrogen-bond donors (Lipinski definition) is 1. The molecule has 2 heteroatoms. The van der Waals surface area contributed by atoms with Gasteiger partial charge >= 0.3 is 0 Å².